The van der Waals surface area contributed by atoms with Crippen molar-refractivity contribution in [2.75, 3.05) is 11.1 Å². The van der Waals surface area contributed by atoms with Crippen molar-refractivity contribution < 1.29 is 14.7 Å². The molecular weight excluding hydrogens is 256 g/mol. The standard InChI is InChI=1S/C15H14N2O3/c16-11-6-7-12(15(19)20)13(9-11)17-14(18)8-10-4-2-1-3-5-10/h1-7,9H,8,16H2,(H,17,18)(H,19,20). The second kappa shape index (κ2) is 5.88. The molecule has 0 heterocycles. The van der Waals surface area contributed by atoms with Crippen molar-refractivity contribution in [2.24, 2.45) is 0 Å². The minimum absolute atomic E-state index is 0.0145. The van der Waals surface area contributed by atoms with Crippen LogP contribution < -0.4 is 11.1 Å². The third-order valence-corrected chi connectivity index (χ3v) is 2.76. The summed E-state index contributed by atoms with van der Waals surface area (Å²) in [5.74, 6) is -1.40. The van der Waals surface area contributed by atoms with Gasteiger partial charge >= 0.3 is 5.97 Å². The minimum atomic E-state index is -1.11. The predicted octanol–water partition coefficient (Wildman–Crippen LogP) is 2.15. The molecule has 5 nitrogen and oxygen atoms in total. The maximum atomic E-state index is 11.9. The minimum Gasteiger partial charge on any atom is -0.478 e. The summed E-state index contributed by atoms with van der Waals surface area (Å²) in [6.07, 6.45) is 0.175. The molecule has 0 spiro atoms. The number of carboxylic acids is 1. The molecule has 0 radical (unpaired) electrons. The first kappa shape index (κ1) is 13.6. The molecular formula is C15H14N2O3. The number of hydrogen-bond donors (Lipinski definition) is 3. The average Bonchev–Trinajstić information content (AvgIpc) is 2.39. The van der Waals surface area contributed by atoms with Crippen molar-refractivity contribution in [1.29, 1.82) is 0 Å². The third-order valence-electron chi connectivity index (χ3n) is 2.76. The van der Waals surface area contributed by atoms with Gasteiger partial charge in [0.1, 0.15) is 0 Å². The molecule has 0 aromatic heterocycles. The number of aromatic carboxylic acids is 1. The zero-order valence-corrected chi connectivity index (χ0v) is 10.7. The van der Waals surface area contributed by atoms with Crippen LogP contribution >= 0.6 is 0 Å². The molecule has 5 heteroatoms. The van der Waals surface area contributed by atoms with E-state index in [1.165, 1.54) is 18.2 Å². The molecule has 0 aliphatic heterocycles. The number of carbonyl (C=O) groups is 2. The summed E-state index contributed by atoms with van der Waals surface area (Å²) in [6.45, 7) is 0. The fraction of sp³-hybridized carbons (Fsp3) is 0.0667. The number of nitrogens with two attached hydrogens (primary N) is 1. The van der Waals surface area contributed by atoms with Gasteiger partial charge in [-0.15, -0.1) is 0 Å². The fourth-order valence-electron chi connectivity index (χ4n) is 1.83. The van der Waals surface area contributed by atoms with E-state index in [1.54, 1.807) is 0 Å². The van der Waals surface area contributed by atoms with Crippen LogP contribution in [0.3, 0.4) is 0 Å². The number of rotatable bonds is 4. The van der Waals surface area contributed by atoms with E-state index in [-0.39, 0.29) is 23.6 Å². The average molecular weight is 270 g/mol. The maximum absolute atomic E-state index is 11.9. The first-order valence-electron chi connectivity index (χ1n) is 6.03. The van der Waals surface area contributed by atoms with Gasteiger partial charge in [-0.2, -0.15) is 0 Å². The third kappa shape index (κ3) is 3.35. The maximum Gasteiger partial charge on any atom is 0.337 e. The Balaban J connectivity index is 2.15. The molecule has 2 rings (SSSR count). The molecule has 0 atom stereocenters. The zero-order chi connectivity index (χ0) is 14.5. The Morgan fingerprint density at radius 2 is 1.80 bits per heavy atom. The van der Waals surface area contributed by atoms with Crippen LogP contribution in [0, 0.1) is 0 Å². The van der Waals surface area contributed by atoms with Crippen molar-refractivity contribution in [2.45, 2.75) is 6.42 Å². The Kier molecular flexibility index (Phi) is 4.00. The molecule has 0 saturated heterocycles. The lowest BCUT2D eigenvalue weighted by molar-refractivity contribution is -0.115. The SMILES string of the molecule is Nc1ccc(C(=O)O)c(NC(=O)Cc2ccccc2)c1. The number of amides is 1. The van der Waals surface area contributed by atoms with Crippen LogP contribution in [0.25, 0.3) is 0 Å². The van der Waals surface area contributed by atoms with E-state index in [0.29, 0.717) is 5.69 Å². The van der Waals surface area contributed by atoms with Crippen LogP contribution in [0.15, 0.2) is 48.5 Å². The first-order valence-corrected chi connectivity index (χ1v) is 6.03. The van der Waals surface area contributed by atoms with Gasteiger partial charge in [-0.3, -0.25) is 4.79 Å². The van der Waals surface area contributed by atoms with Gasteiger partial charge in [0.25, 0.3) is 0 Å². The number of nitrogens with one attached hydrogen (secondary N) is 1. The summed E-state index contributed by atoms with van der Waals surface area (Å²) in [6, 6.07) is 13.5. The molecule has 2 aromatic rings. The van der Waals surface area contributed by atoms with Gasteiger partial charge in [0.05, 0.1) is 17.7 Å². The fourth-order valence-corrected chi connectivity index (χ4v) is 1.83. The Morgan fingerprint density at radius 3 is 2.45 bits per heavy atom. The van der Waals surface area contributed by atoms with Crippen molar-refractivity contribution in [3.63, 3.8) is 0 Å². The molecule has 0 fully saturated rings. The van der Waals surface area contributed by atoms with Crippen LogP contribution in [0.1, 0.15) is 15.9 Å². The van der Waals surface area contributed by atoms with E-state index in [4.69, 9.17) is 10.8 Å². The lowest BCUT2D eigenvalue weighted by Crippen LogP contribution is -2.17. The molecule has 1 amide bonds. The summed E-state index contributed by atoms with van der Waals surface area (Å²) < 4.78 is 0. The van der Waals surface area contributed by atoms with E-state index in [9.17, 15) is 9.59 Å². The molecule has 0 saturated carbocycles. The van der Waals surface area contributed by atoms with Crippen molar-refractivity contribution >= 4 is 23.3 Å². The topological polar surface area (TPSA) is 92.4 Å². The molecule has 0 unspecified atom stereocenters. The molecule has 0 aliphatic carbocycles. The van der Waals surface area contributed by atoms with E-state index in [0.717, 1.165) is 5.56 Å². The van der Waals surface area contributed by atoms with E-state index in [2.05, 4.69) is 5.32 Å². The van der Waals surface area contributed by atoms with Gasteiger partial charge in [0, 0.05) is 5.69 Å². The molecule has 0 aliphatic rings. The highest BCUT2D eigenvalue weighted by Gasteiger charge is 2.13. The van der Waals surface area contributed by atoms with Crippen LogP contribution in [0.4, 0.5) is 11.4 Å². The van der Waals surface area contributed by atoms with Crippen LogP contribution in [0.2, 0.25) is 0 Å². The summed E-state index contributed by atoms with van der Waals surface area (Å²) in [5.41, 5.74) is 7.08. The number of carbonyl (C=O) groups excluding carboxylic acids is 1. The van der Waals surface area contributed by atoms with Crippen LogP contribution in [-0.2, 0) is 11.2 Å². The van der Waals surface area contributed by atoms with Crippen molar-refractivity contribution in [3.05, 3.63) is 59.7 Å². The zero-order valence-electron chi connectivity index (χ0n) is 10.7. The van der Waals surface area contributed by atoms with Crippen LogP contribution in [-0.4, -0.2) is 17.0 Å². The number of nitrogen functional groups attached to an aromatic ring is 1. The van der Waals surface area contributed by atoms with Gasteiger partial charge < -0.3 is 16.2 Å². The Labute approximate surface area is 116 Å². The summed E-state index contributed by atoms with van der Waals surface area (Å²) in [7, 11) is 0. The second-order valence-electron chi connectivity index (χ2n) is 4.32. The normalized spacial score (nSPS) is 10.0. The van der Waals surface area contributed by atoms with Crippen molar-refractivity contribution in [1.82, 2.24) is 0 Å². The summed E-state index contributed by atoms with van der Waals surface area (Å²) in [5, 5.41) is 11.6. The van der Waals surface area contributed by atoms with E-state index in [1.807, 2.05) is 30.3 Å². The summed E-state index contributed by atoms with van der Waals surface area (Å²) >= 11 is 0. The molecule has 4 N–H and O–H groups in total. The highest BCUT2D eigenvalue weighted by Crippen LogP contribution is 2.19. The number of anilines is 2. The monoisotopic (exact) mass is 270 g/mol. The van der Waals surface area contributed by atoms with E-state index >= 15 is 0 Å². The molecule has 2 aromatic carbocycles. The van der Waals surface area contributed by atoms with Gasteiger partial charge in [0.15, 0.2) is 0 Å². The van der Waals surface area contributed by atoms with Crippen molar-refractivity contribution in [3.8, 4) is 0 Å². The van der Waals surface area contributed by atoms with Crippen LogP contribution in [0.5, 0.6) is 0 Å². The Morgan fingerprint density at radius 1 is 1.10 bits per heavy atom. The molecule has 0 bridgehead atoms. The highest BCUT2D eigenvalue weighted by atomic mass is 16.4. The lowest BCUT2D eigenvalue weighted by Gasteiger charge is -2.09. The lowest BCUT2D eigenvalue weighted by atomic mass is 10.1. The van der Waals surface area contributed by atoms with Gasteiger partial charge in [-0.1, -0.05) is 30.3 Å². The quantitative estimate of drug-likeness (QED) is 0.742. The summed E-state index contributed by atoms with van der Waals surface area (Å²) in [4.78, 5) is 23.0. The number of benzene rings is 2. The second-order valence-corrected chi connectivity index (χ2v) is 4.32. The van der Waals surface area contributed by atoms with Gasteiger partial charge in [-0.25, -0.2) is 4.79 Å². The smallest absolute Gasteiger partial charge is 0.337 e. The van der Waals surface area contributed by atoms with Gasteiger partial charge in [0.2, 0.25) is 5.91 Å². The highest BCUT2D eigenvalue weighted by molar-refractivity contribution is 6.01. The molecule has 102 valence electrons. The number of hydrogen-bond acceptors (Lipinski definition) is 3. The largest absolute Gasteiger partial charge is 0.478 e. The molecule has 20 heavy (non-hydrogen) atoms. The van der Waals surface area contributed by atoms with E-state index < -0.39 is 5.97 Å². The predicted molar refractivity (Wildman–Crippen MR) is 76.6 cm³/mol. The Bertz CT molecular complexity index is 639. The number of carboxylic acid groups (broad SMARTS) is 1. The first-order chi connectivity index (χ1) is 9.56. The van der Waals surface area contributed by atoms with Gasteiger partial charge in [-0.05, 0) is 23.8 Å². The Hall–Kier alpha value is -2.82.